The quantitative estimate of drug-likeness (QED) is 0.631. The molecule has 0 aliphatic rings. The first-order chi connectivity index (χ1) is 6.43. The van der Waals surface area contributed by atoms with Crippen molar-refractivity contribution in [2.24, 2.45) is 0 Å². The number of carboxylic acids is 1. The lowest BCUT2D eigenvalue weighted by molar-refractivity contribution is -0.385. The van der Waals surface area contributed by atoms with Crippen molar-refractivity contribution in [2.75, 3.05) is 0 Å². The van der Waals surface area contributed by atoms with Gasteiger partial charge in [-0.25, -0.2) is 4.79 Å². The second-order valence-electron chi connectivity index (χ2n) is 2.34. The highest BCUT2D eigenvalue weighted by Gasteiger charge is 2.23. The van der Waals surface area contributed by atoms with Gasteiger partial charge >= 0.3 is 5.97 Å². The third-order valence-electron chi connectivity index (χ3n) is 1.44. The van der Waals surface area contributed by atoms with E-state index in [0.717, 1.165) is 12.1 Å². The van der Waals surface area contributed by atoms with E-state index < -0.39 is 22.1 Å². The van der Waals surface area contributed by atoms with Crippen molar-refractivity contribution >= 4 is 34.9 Å². The van der Waals surface area contributed by atoms with Crippen molar-refractivity contribution < 1.29 is 14.8 Å². The molecule has 0 aromatic heterocycles. The van der Waals surface area contributed by atoms with E-state index in [-0.39, 0.29) is 10.0 Å². The molecule has 0 aliphatic carbocycles. The van der Waals surface area contributed by atoms with Gasteiger partial charge in [0, 0.05) is 11.1 Å². The summed E-state index contributed by atoms with van der Waals surface area (Å²) in [5, 5.41) is 18.9. The number of hydrogen-bond acceptors (Lipinski definition) is 3. The molecule has 1 rings (SSSR count). The molecule has 1 N–H and O–H groups in total. The Hall–Kier alpha value is -1.33. The van der Waals surface area contributed by atoms with E-state index >= 15 is 0 Å². The fourth-order valence-electron chi connectivity index (χ4n) is 0.916. The predicted octanol–water partition coefficient (Wildman–Crippen LogP) is 2.60. The van der Waals surface area contributed by atoms with Crippen LogP contribution in [0, 0.1) is 10.1 Å². The fourth-order valence-corrected chi connectivity index (χ4v) is 1.48. The SMILES string of the molecule is O=C(O)c1c(Cl)cc(Cl)cc1[N+](=O)[O-]. The van der Waals surface area contributed by atoms with Crippen LogP contribution in [0.4, 0.5) is 5.69 Å². The van der Waals surface area contributed by atoms with Crippen molar-refractivity contribution in [1.82, 2.24) is 0 Å². The standard InChI is InChI=1S/C7H3Cl2NO4/c8-3-1-4(9)6(7(11)12)5(2-3)10(13)14/h1-2H,(H,11,12). The van der Waals surface area contributed by atoms with Crippen LogP contribution in [-0.2, 0) is 0 Å². The van der Waals surface area contributed by atoms with Gasteiger partial charge in [-0.3, -0.25) is 10.1 Å². The molecule has 0 spiro atoms. The molecule has 0 fully saturated rings. The first kappa shape index (κ1) is 10.7. The molecule has 0 atom stereocenters. The zero-order valence-electron chi connectivity index (χ0n) is 6.53. The van der Waals surface area contributed by atoms with E-state index in [4.69, 9.17) is 28.3 Å². The predicted molar refractivity (Wildman–Crippen MR) is 50.1 cm³/mol. The maximum Gasteiger partial charge on any atom is 0.344 e. The summed E-state index contributed by atoms with van der Waals surface area (Å²) in [4.78, 5) is 20.2. The lowest BCUT2D eigenvalue weighted by atomic mass is 10.2. The Balaban J connectivity index is 3.52. The highest BCUT2D eigenvalue weighted by atomic mass is 35.5. The Bertz CT molecular complexity index is 418. The largest absolute Gasteiger partial charge is 0.477 e. The van der Waals surface area contributed by atoms with Crippen molar-refractivity contribution in [3.8, 4) is 0 Å². The molecule has 0 amide bonds. The van der Waals surface area contributed by atoms with Gasteiger partial charge in [-0.1, -0.05) is 23.2 Å². The summed E-state index contributed by atoms with van der Waals surface area (Å²) in [5.74, 6) is -1.46. The molecule has 0 heterocycles. The van der Waals surface area contributed by atoms with Crippen molar-refractivity contribution in [2.45, 2.75) is 0 Å². The third-order valence-corrected chi connectivity index (χ3v) is 1.96. The van der Waals surface area contributed by atoms with Crippen molar-refractivity contribution in [3.63, 3.8) is 0 Å². The van der Waals surface area contributed by atoms with Crippen LogP contribution >= 0.6 is 23.2 Å². The van der Waals surface area contributed by atoms with Gasteiger partial charge < -0.3 is 5.11 Å². The molecule has 0 aliphatic heterocycles. The molecule has 0 saturated carbocycles. The van der Waals surface area contributed by atoms with Gasteiger partial charge in [0.15, 0.2) is 5.56 Å². The Morgan fingerprint density at radius 2 is 2.00 bits per heavy atom. The van der Waals surface area contributed by atoms with Gasteiger partial charge in [0.2, 0.25) is 0 Å². The van der Waals surface area contributed by atoms with E-state index in [1.54, 1.807) is 0 Å². The van der Waals surface area contributed by atoms with Crippen molar-refractivity contribution in [1.29, 1.82) is 0 Å². The second kappa shape index (κ2) is 3.81. The van der Waals surface area contributed by atoms with Crippen LogP contribution < -0.4 is 0 Å². The minimum Gasteiger partial charge on any atom is -0.477 e. The first-order valence-corrected chi connectivity index (χ1v) is 4.06. The maximum atomic E-state index is 10.6. The van der Waals surface area contributed by atoms with Crippen LogP contribution in [0.3, 0.4) is 0 Å². The fraction of sp³-hybridized carbons (Fsp3) is 0. The van der Waals surface area contributed by atoms with Gasteiger partial charge in [-0.2, -0.15) is 0 Å². The van der Waals surface area contributed by atoms with Gasteiger partial charge in [0.05, 0.1) is 9.95 Å². The number of carbonyl (C=O) groups is 1. The van der Waals surface area contributed by atoms with Gasteiger partial charge in [-0.05, 0) is 6.07 Å². The number of benzene rings is 1. The summed E-state index contributed by atoms with van der Waals surface area (Å²) in [6.07, 6.45) is 0. The highest BCUT2D eigenvalue weighted by molar-refractivity contribution is 6.37. The molecule has 14 heavy (non-hydrogen) atoms. The minimum atomic E-state index is -1.46. The number of aromatic carboxylic acids is 1. The lowest BCUT2D eigenvalue weighted by Gasteiger charge is -2.00. The normalized spacial score (nSPS) is 9.86. The summed E-state index contributed by atoms with van der Waals surface area (Å²) in [6.45, 7) is 0. The Morgan fingerprint density at radius 1 is 1.43 bits per heavy atom. The summed E-state index contributed by atoms with van der Waals surface area (Å²) in [7, 11) is 0. The Kier molecular flexibility index (Phi) is 2.93. The molecule has 74 valence electrons. The van der Waals surface area contributed by atoms with E-state index in [0.29, 0.717) is 0 Å². The molecular formula is C7H3Cl2NO4. The third kappa shape index (κ3) is 1.94. The summed E-state index contributed by atoms with van der Waals surface area (Å²) >= 11 is 11.0. The number of rotatable bonds is 2. The average molecular weight is 236 g/mol. The molecule has 0 unspecified atom stereocenters. The van der Waals surface area contributed by atoms with E-state index in [1.165, 1.54) is 0 Å². The first-order valence-electron chi connectivity index (χ1n) is 3.30. The van der Waals surface area contributed by atoms with Crippen LogP contribution in [0.5, 0.6) is 0 Å². The zero-order chi connectivity index (χ0) is 10.9. The monoisotopic (exact) mass is 235 g/mol. The highest BCUT2D eigenvalue weighted by Crippen LogP contribution is 2.30. The molecule has 7 heteroatoms. The maximum absolute atomic E-state index is 10.6. The number of nitro groups is 1. The average Bonchev–Trinajstić information content (AvgIpc) is 2.01. The summed E-state index contributed by atoms with van der Waals surface area (Å²) < 4.78 is 0. The van der Waals surface area contributed by atoms with Crippen LogP contribution in [0.2, 0.25) is 10.0 Å². The number of nitrogens with zero attached hydrogens (tertiary/aromatic N) is 1. The van der Waals surface area contributed by atoms with Crippen LogP contribution in [0.15, 0.2) is 12.1 Å². The summed E-state index contributed by atoms with van der Waals surface area (Å²) in [6, 6.07) is 2.08. The molecule has 1 aromatic carbocycles. The van der Waals surface area contributed by atoms with Crippen LogP contribution in [0.1, 0.15) is 10.4 Å². The molecular weight excluding hydrogens is 233 g/mol. The Labute approximate surface area is 88.0 Å². The zero-order valence-corrected chi connectivity index (χ0v) is 8.04. The van der Waals surface area contributed by atoms with Crippen LogP contribution in [0.25, 0.3) is 0 Å². The number of nitro benzene ring substituents is 1. The number of carboxylic acid groups (broad SMARTS) is 1. The molecule has 0 radical (unpaired) electrons. The number of hydrogen-bond donors (Lipinski definition) is 1. The topological polar surface area (TPSA) is 80.4 Å². The summed E-state index contributed by atoms with van der Waals surface area (Å²) in [5.41, 5.74) is -1.17. The molecule has 0 saturated heterocycles. The lowest BCUT2D eigenvalue weighted by Crippen LogP contribution is -2.03. The second-order valence-corrected chi connectivity index (χ2v) is 3.19. The smallest absolute Gasteiger partial charge is 0.344 e. The molecule has 1 aromatic rings. The van der Waals surface area contributed by atoms with Crippen molar-refractivity contribution in [3.05, 3.63) is 37.9 Å². The minimum absolute atomic E-state index is 0.0201. The number of halogens is 2. The van der Waals surface area contributed by atoms with E-state index in [1.807, 2.05) is 0 Å². The van der Waals surface area contributed by atoms with Gasteiger partial charge in [0.25, 0.3) is 5.69 Å². The van der Waals surface area contributed by atoms with Gasteiger partial charge in [-0.15, -0.1) is 0 Å². The van der Waals surface area contributed by atoms with Crippen LogP contribution in [-0.4, -0.2) is 16.0 Å². The van der Waals surface area contributed by atoms with Gasteiger partial charge in [0.1, 0.15) is 0 Å². The van der Waals surface area contributed by atoms with E-state index in [9.17, 15) is 14.9 Å². The Morgan fingerprint density at radius 3 is 2.43 bits per heavy atom. The molecule has 5 nitrogen and oxygen atoms in total. The molecule has 0 bridgehead atoms. The van der Waals surface area contributed by atoms with E-state index in [2.05, 4.69) is 0 Å².